The van der Waals surface area contributed by atoms with Crippen LogP contribution in [-0.4, -0.2) is 32.8 Å². The zero-order chi connectivity index (χ0) is 15.0. The largest absolute Gasteiger partial charge is 0.508 e. The molecule has 2 aromatic rings. The molecular weight excluding hydrogens is 288 g/mol. The van der Waals surface area contributed by atoms with Crippen LogP contribution >= 0.6 is 11.8 Å². The molecule has 1 aromatic carbocycles. The molecule has 0 spiro atoms. The van der Waals surface area contributed by atoms with E-state index in [-0.39, 0.29) is 16.9 Å². The number of aromatic hydroxyl groups is 1. The van der Waals surface area contributed by atoms with E-state index in [4.69, 9.17) is 0 Å². The zero-order valence-corrected chi connectivity index (χ0v) is 12.0. The van der Waals surface area contributed by atoms with Crippen LogP contribution in [-0.2, 0) is 4.79 Å². The maximum Gasteiger partial charge on any atom is 0.293 e. The van der Waals surface area contributed by atoms with Crippen LogP contribution < -0.4 is 0 Å². The summed E-state index contributed by atoms with van der Waals surface area (Å²) in [5, 5.41) is 9.06. The van der Waals surface area contributed by atoms with Crippen LogP contribution in [0.25, 0.3) is 11.8 Å². The normalized spacial score (nSPS) is 17.0. The number of carbonyl (C=O) groups excluding carboxylic acids is 2. The Labute approximate surface area is 125 Å². The van der Waals surface area contributed by atoms with Crippen LogP contribution in [0.15, 0.2) is 47.5 Å². The fraction of sp³-hybridized carbons (Fsp3) is 0.0667. The minimum absolute atomic E-state index is 0.194. The molecule has 21 heavy (non-hydrogen) atoms. The second-order valence-electron chi connectivity index (χ2n) is 4.56. The molecule has 0 bridgehead atoms. The highest BCUT2D eigenvalue weighted by Gasteiger charge is 2.31. The molecular formula is C15H12N2O3S. The van der Waals surface area contributed by atoms with Gasteiger partial charge in [0.2, 0.25) is 0 Å². The van der Waals surface area contributed by atoms with Gasteiger partial charge >= 0.3 is 0 Å². The van der Waals surface area contributed by atoms with Crippen molar-refractivity contribution >= 4 is 29.0 Å². The monoisotopic (exact) mass is 300 g/mol. The maximum atomic E-state index is 11.9. The van der Waals surface area contributed by atoms with E-state index in [1.807, 2.05) is 22.9 Å². The third-order valence-corrected chi connectivity index (χ3v) is 4.13. The minimum Gasteiger partial charge on any atom is -0.508 e. The summed E-state index contributed by atoms with van der Waals surface area (Å²) in [5.74, 6) is -0.0944. The van der Waals surface area contributed by atoms with Gasteiger partial charge in [-0.25, -0.2) is 0 Å². The lowest BCUT2D eigenvalue weighted by atomic mass is 10.3. The van der Waals surface area contributed by atoms with E-state index in [0.29, 0.717) is 4.91 Å². The number of rotatable bonds is 2. The molecule has 1 aliphatic heterocycles. The number of amides is 2. The topological polar surface area (TPSA) is 62.5 Å². The van der Waals surface area contributed by atoms with Gasteiger partial charge < -0.3 is 9.67 Å². The summed E-state index contributed by atoms with van der Waals surface area (Å²) in [7, 11) is 1.47. The second kappa shape index (κ2) is 5.14. The van der Waals surface area contributed by atoms with Crippen molar-refractivity contribution < 1.29 is 14.7 Å². The number of likely N-dealkylation sites (N-methyl/N-ethyl adjacent to an activating group) is 1. The molecule has 2 heterocycles. The first-order valence-corrected chi connectivity index (χ1v) is 7.06. The molecule has 2 amide bonds. The van der Waals surface area contributed by atoms with E-state index >= 15 is 0 Å². The molecule has 6 heteroatoms. The highest BCUT2D eigenvalue weighted by Crippen LogP contribution is 2.31. The van der Waals surface area contributed by atoms with Crippen molar-refractivity contribution in [1.29, 1.82) is 0 Å². The van der Waals surface area contributed by atoms with Crippen molar-refractivity contribution in [3.8, 4) is 11.4 Å². The average Bonchev–Trinajstić information content (AvgIpc) is 3.02. The van der Waals surface area contributed by atoms with Crippen molar-refractivity contribution in [3.63, 3.8) is 0 Å². The quantitative estimate of drug-likeness (QED) is 0.866. The number of hydrogen-bond acceptors (Lipinski definition) is 4. The summed E-state index contributed by atoms with van der Waals surface area (Å²) < 4.78 is 1.88. The van der Waals surface area contributed by atoms with Crippen molar-refractivity contribution in [3.05, 3.63) is 53.2 Å². The lowest BCUT2D eigenvalue weighted by Crippen LogP contribution is -2.22. The standard InChI is InChI=1S/C15H12N2O3S/c1-16-14(19)13(21-15(16)20)9-11-3-2-8-17(11)10-4-6-12(18)7-5-10/h2-9,18H,1H3/b13-9-. The molecule has 5 nitrogen and oxygen atoms in total. The van der Waals surface area contributed by atoms with Gasteiger partial charge in [-0.1, -0.05) is 0 Å². The third-order valence-electron chi connectivity index (χ3n) is 3.17. The number of hydrogen-bond donors (Lipinski definition) is 1. The number of phenols is 1. The fourth-order valence-corrected chi connectivity index (χ4v) is 2.85. The number of benzene rings is 1. The molecule has 1 saturated heterocycles. The van der Waals surface area contributed by atoms with Crippen LogP contribution in [0.2, 0.25) is 0 Å². The number of nitrogens with zero attached hydrogens (tertiary/aromatic N) is 2. The predicted molar refractivity (Wildman–Crippen MR) is 81.2 cm³/mol. The Morgan fingerprint density at radius 3 is 2.48 bits per heavy atom. The van der Waals surface area contributed by atoms with Crippen LogP contribution in [0.5, 0.6) is 5.75 Å². The van der Waals surface area contributed by atoms with E-state index in [2.05, 4.69) is 0 Å². The summed E-state index contributed by atoms with van der Waals surface area (Å²) in [6.45, 7) is 0. The lowest BCUT2D eigenvalue weighted by molar-refractivity contribution is -0.121. The number of carbonyl (C=O) groups is 2. The molecule has 0 aliphatic carbocycles. The molecule has 0 unspecified atom stereocenters. The van der Waals surface area contributed by atoms with Gasteiger partial charge in [-0.3, -0.25) is 14.5 Å². The predicted octanol–water partition coefficient (Wildman–Crippen LogP) is 2.85. The SMILES string of the molecule is CN1C(=O)S/C(=C\c2cccn2-c2ccc(O)cc2)C1=O. The van der Waals surface area contributed by atoms with E-state index in [9.17, 15) is 14.7 Å². The van der Waals surface area contributed by atoms with E-state index in [1.165, 1.54) is 7.05 Å². The lowest BCUT2D eigenvalue weighted by Gasteiger charge is -2.07. The van der Waals surface area contributed by atoms with Gasteiger partial charge in [0.05, 0.1) is 4.91 Å². The highest BCUT2D eigenvalue weighted by atomic mass is 32.2. The number of imide groups is 1. The Morgan fingerprint density at radius 1 is 1.14 bits per heavy atom. The number of phenolic OH excluding ortho intramolecular Hbond substituents is 1. The fourth-order valence-electron chi connectivity index (χ4n) is 2.04. The first kappa shape index (κ1) is 13.5. The molecule has 1 aromatic heterocycles. The zero-order valence-electron chi connectivity index (χ0n) is 11.2. The Morgan fingerprint density at radius 2 is 1.86 bits per heavy atom. The van der Waals surface area contributed by atoms with Crippen molar-refractivity contribution in [2.45, 2.75) is 0 Å². The molecule has 106 valence electrons. The van der Waals surface area contributed by atoms with Crippen molar-refractivity contribution in [2.75, 3.05) is 7.05 Å². The summed E-state index contributed by atoms with van der Waals surface area (Å²) in [5.41, 5.74) is 1.65. The molecule has 0 atom stereocenters. The molecule has 3 rings (SSSR count). The second-order valence-corrected chi connectivity index (χ2v) is 5.55. The smallest absolute Gasteiger partial charge is 0.293 e. The first-order chi connectivity index (χ1) is 10.1. The van der Waals surface area contributed by atoms with E-state index in [0.717, 1.165) is 28.0 Å². The van der Waals surface area contributed by atoms with E-state index in [1.54, 1.807) is 30.3 Å². The maximum absolute atomic E-state index is 11.9. The molecule has 1 fully saturated rings. The summed E-state index contributed by atoms with van der Waals surface area (Å²) in [6.07, 6.45) is 3.55. The van der Waals surface area contributed by atoms with Gasteiger partial charge in [-0.2, -0.15) is 0 Å². The minimum atomic E-state index is -0.288. The van der Waals surface area contributed by atoms with Crippen LogP contribution in [0, 0.1) is 0 Å². The Bertz CT molecular complexity index is 747. The van der Waals surface area contributed by atoms with Gasteiger partial charge in [0.15, 0.2) is 0 Å². The van der Waals surface area contributed by atoms with Crippen LogP contribution in [0.1, 0.15) is 5.69 Å². The van der Waals surface area contributed by atoms with Crippen LogP contribution in [0.4, 0.5) is 4.79 Å². The summed E-state index contributed by atoms with van der Waals surface area (Å²) in [4.78, 5) is 24.9. The highest BCUT2D eigenvalue weighted by molar-refractivity contribution is 8.18. The molecule has 0 radical (unpaired) electrons. The summed E-state index contributed by atoms with van der Waals surface area (Å²) >= 11 is 0.932. The third kappa shape index (κ3) is 2.45. The number of thioether (sulfide) groups is 1. The van der Waals surface area contributed by atoms with Gasteiger partial charge in [-0.05, 0) is 54.2 Å². The Balaban J connectivity index is 1.99. The average molecular weight is 300 g/mol. The Kier molecular flexibility index (Phi) is 3.31. The van der Waals surface area contributed by atoms with Crippen LogP contribution in [0.3, 0.4) is 0 Å². The first-order valence-electron chi connectivity index (χ1n) is 6.24. The Hall–Kier alpha value is -2.47. The number of aromatic nitrogens is 1. The van der Waals surface area contributed by atoms with Crippen molar-refractivity contribution in [1.82, 2.24) is 9.47 Å². The van der Waals surface area contributed by atoms with Crippen molar-refractivity contribution in [2.24, 2.45) is 0 Å². The summed E-state index contributed by atoms with van der Waals surface area (Å²) in [6, 6.07) is 10.5. The molecule has 0 saturated carbocycles. The molecule has 1 aliphatic rings. The van der Waals surface area contributed by atoms with Gasteiger partial charge in [0, 0.05) is 24.6 Å². The van der Waals surface area contributed by atoms with Gasteiger partial charge in [0.1, 0.15) is 5.75 Å². The van der Waals surface area contributed by atoms with Gasteiger partial charge in [0.25, 0.3) is 11.1 Å². The molecule has 1 N–H and O–H groups in total. The van der Waals surface area contributed by atoms with E-state index < -0.39 is 0 Å². The van der Waals surface area contributed by atoms with Gasteiger partial charge in [-0.15, -0.1) is 0 Å².